The fourth-order valence-corrected chi connectivity index (χ4v) is 4.96. The van der Waals surface area contributed by atoms with E-state index in [0.29, 0.717) is 22.5 Å². The first kappa shape index (κ1) is 17.4. The van der Waals surface area contributed by atoms with Crippen LogP contribution in [-0.4, -0.2) is 38.9 Å². The molecule has 1 aromatic carbocycles. The summed E-state index contributed by atoms with van der Waals surface area (Å²) in [6.07, 6.45) is 0.849. The molecule has 0 aliphatic carbocycles. The molecule has 1 fully saturated rings. The van der Waals surface area contributed by atoms with Crippen LogP contribution < -0.4 is 5.32 Å². The maximum Gasteiger partial charge on any atom is 0.244 e. The molecule has 0 saturated carbocycles. The van der Waals surface area contributed by atoms with Gasteiger partial charge in [0.05, 0.1) is 4.90 Å². The summed E-state index contributed by atoms with van der Waals surface area (Å²) < 4.78 is 27.9. The molecule has 1 unspecified atom stereocenters. The molecule has 2 rings (SSSR count). The van der Waals surface area contributed by atoms with Crippen LogP contribution in [0, 0.1) is 0 Å². The van der Waals surface area contributed by atoms with E-state index in [1.807, 2.05) is 13.1 Å². The van der Waals surface area contributed by atoms with Gasteiger partial charge in [-0.25, -0.2) is 8.42 Å². The number of hydrogen-bond donors (Lipinski definition) is 1. The van der Waals surface area contributed by atoms with Crippen LogP contribution in [-0.2, 0) is 10.0 Å². The minimum Gasteiger partial charge on any atom is -0.316 e. The maximum atomic E-state index is 12.5. The predicted octanol–water partition coefficient (Wildman–Crippen LogP) is 2.62. The van der Waals surface area contributed by atoms with E-state index < -0.39 is 10.0 Å². The van der Waals surface area contributed by atoms with Crippen molar-refractivity contribution in [2.24, 2.45) is 0 Å². The lowest BCUT2D eigenvalue weighted by Gasteiger charge is -2.17. The average Bonchev–Trinajstić information content (AvgIpc) is 2.81. The third kappa shape index (κ3) is 3.71. The fraction of sp³-hybridized carbons (Fsp3) is 0.455. The summed E-state index contributed by atoms with van der Waals surface area (Å²) in [5, 5.41) is 3.12. The number of nitrogens with one attached hydrogen (secondary N) is 1. The molecule has 0 amide bonds. The Labute approximate surface area is 136 Å². The van der Waals surface area contributed by atoms with Crippen molar-refractivity contribution in [1.29, 1.82) is 0 Å². The topological polar surface area (TPSA) is 49.4 Å². The van der Waals surface area contributed by atoms with Crippen molar-refractivity contribution in [1.82, 2.24) is 9.62 Å². The zero-order valence-corrected chi connectivity index (χ0v) is 15.1. The van der Waals surface area contributed by atoms with Crippen molar-refractivity contribution >= 4 is 54.3 Å². The first-order valence-corrected chi connectivity index (χ1v) is 8.60. The molecule has 108 valence electrons. The SMILES string of the molecule is CNC1CCN(S(=O)(=O)c2cc(Br)ccc2Br)C1.Cl. The van der Waals surface area contributed by atoms with Gasteiger partial charge in [-0.3, -0.25) is 0 Å². The summed E-state index contributed by atoms with van der Waals surface area (Å²) in [6.45, 7) is 1.09. The molecule has 1 saturated heterocycles. The quantitative estimate of drug-likeness (QED) is 0.796. The Bertz CT molecular complexity index is 554. The van der Waals surface area contributed by atoms with Crippen LogP contribution in [0.4, 0.5) is 0 Å². The number of rotatable bonds is 3. The van der Waals surface area contributed by atoms with E-state index in [2.05, 4.69) is 37.2 Å². The fourth-order valence-electron chi connectivity index (χ4n) is 2.00. The summed E-state index contributed by atoms with van der Waals surface area (Å²) in [6, 6.07) is 5.42. The zero-order valence-electron chi connectivity index (χ0n) is 10.3. The van der Waals surface area contributed by atoms with E-state index in [4.69, 9.17) is 0 Å². The molecule has 0 radical (unpaired) electrons. The summed E-state index contributed by atoms with van der Waals surface area (Å²) >= 11 is 6.61. The first-order chi connectivity index (χ1) is 8.45. The molecule has 1 heterocycles. The van der Waals surface area contributed by atoms with Crippen LogP contribution in [0.25, 0.3) is 0 Å². The van der Waals surface area contributed by atoms with Gasteiger partial charge in [-0.2, -0.15) is 4.31 Å². The van der Waals surface area contributed by atoms with Gasteiger partial charge in [-0.1, -0.05) is 15.9 Å². The van der Waals surface area contributed by atoms with Crippen molar-refractivity contribution < 1.29 is 8.42 Å². The van der Waals surface area contributed by atoms with Gasteiger partial charge in [0, 0.05) is 28.1 Å². The molecule has 1 aliphatic rings. The van der Waals surface area contributed by atoms with E-state index in [1.165, 1.54) is 4.31 Å². The number of nitrogens with zero attached hydrogens (tertiary/aromatic N) is 1. The third-order valence-electron chi connectivity index (χ3n) is 3.07. The number of sulfonamides is 1. The van der Waals surface area contributed by atoms with Gasteiger partial charge in [0.15, 0.2) is 0 Å². The molecular weight excluding hydrogens is 419 g/mol. The van der Waals surface area contributed by atoms with Gasteiger partial charge in [0.25, 0.3) is 0 Å². The minimum atomic E-state index is -3.42. The van der Waals surface area contributed by atoms with E-state index >= 15 is 0 Å². The zero-order chi connectivity index (χ0) is 13.3. The van der Waals surface area contributed by atoms with E-state index in [0.717, 1.165) is 10.9 Å². The second-order valence-corrected chi connectivity index (χ2v) is 7.89. The predicted molar refractivity (Wildman–Crippen MR) is 85.3 cm³/mol. The van der Waals surface area contributed by atoms with Crippen molar-refractivity contribution in [3.05, 3.63) is 27.1 Å². The Hall–Kier alpha value is 0.340. The molecule has 19 heavy (non-hydrogen) atoms. The molecule has 0 bridgehead atoms. The number of benzene rings is 1. The highest BCUT2D eigenvalue weighted by atomic mass is 79.9. The summed E-state index contributed by atoms with van der Waals surface area (Å²) in [4.78, 5) is 0.314. The van der Waals surface area contributed by atoms with Crippen molar-refractivity contribution in [2.45, 2.75) is 17.4 Å². The molecular formula is C11H15Br2ClN2O2S. The second kappa shape index (κ2) is 6.87. The molecule has 4 nitrogen and oxygen atoms in total. The van der Waals surface area contributed by atoms with Gasteiger partial charge in [-0.05, 0) is 47.6 Å². The summed E-state index contributed by atoms with van der Waals surface area (Å²) in [5.74, 6) is 0. The van der Waals surface area contributed by atoms with Gasteiger partial charge in [-0.15, -0.1) is 12.4 Å². The van der Waals surface area contributed by atoms with Crippen LogP contribution >= 0.6 is 44.3 Å². The number of likely N-dealkylation sites (N-methyl/N-ethyl adjacent to an activating group) is 1. The second-order valence-electron chi connectivity index (χ2n) is 4.21. The number of hydrogen-bond acceptors (Lipinski definition) is 3. The standard InChI is InChI=1S/C11H14Br2N2O2S.ClH/c1-14-9-4-5-15(7-9)18(16,17)11-6-8(12)2-3-10(11)13;/h2-3,6,9,14H,4-5,7H2,1H3;1H. The van der Waals surface area contributed by atoms with Crippen molar-refractivity contribution in [3.63, 3.8) is 0 Å². The lowest BCUT2D eigenvalue weighted by atomic mass is 10.3. The Morgan fingerprint density at radius 3 is 2.63 bits per heavy atom. The van der Waals surface area contributed by atoms with Gasteiger partial charge < -0.3 is 5.32 Å². The molecule has 0 spiro atoms. The molecule has 1 aliphatic heterocycles. The van der Waals surface area contributed by atoms with Crippen LogP contribution in [0.5, 0.6) is 0 Å². The smallest absolute Gasteiger partial charge is 0.244 e. The van der Waals surface area contributed by atoms with E-state index in [9.17, 15) is 8.42 Å². The average molecular weight is 435 g/mol. The van der Waals surface area contributed by atoms with E-state index in [1.54, 1.807) is 12.1 Å². The summed E-state index contributed by atoms with van der Waals surface area (Å²) in [7, 11) is -1.56. The Morgan fingerprint density at radius 1 is 1.37 bits per heavy atom. The lowest BCUT2D eigenvalue weighted by Crippen LogP contribution is -2.33. The number of halogens is 3. The minimum absolute atomic E-state index is 0. The molecule has 1 N–H and O–H groups in total. The Balaban J connectivity index is 0.00000180. The first-order valence-electron chi connectivity index (χ1n) is 5.57. The van der Waals surface area contributed by atoms with Gasteiger partial charge in [0.1, 0.15) is 0 Å². The normalized spacial score (nSPS) is 20.3. The monoisotopic (exact) mass is 432 g/mol. The molecule has 0 aromatic heterocycles. The molecule has 1 atom stereocenters. The highest BCUT2D eigenvalue weighted by Gasteiger charge is 2.33. The van der Waals surface area contributed by atoms with Crippen LogP contribution in [0.2, 0.25) is 0 Å². The highest BCUT2D eigenvalue weighted by Crippen LogP contribution is 2.29. The van der Waals surface area contributed by atoms with E-state index in [-0.39, 0.29) is 18.4 Å². The van der Waals surface area contributed by atoms with Gasteiger partial charge >= 0.3 is 0 Å². The van der Waals surface area contributed by atoms with Gasteiger partial charge in [0.2, 0.25) is 10.0 Å². The molecule has 8 heteroatoms. The van der Waals surface area contributed by atoms with Crippen LogP contribution in [0.3, 0.4) is 0 Å². The van der Waals surface area contributed by atoms with Crippen LogP contribution in [0.15, 0.2) is 32.0 Å². The van der Waals surface area contributed by atoms with Crippen molar-refractivity contribution in [2.75, 3.05) is 20.1 Å². The maximum absolute atomic E-state index is 12.5. The lowest BCUT2D eigenvalue weighted by molar-refractivity contribution is 0.464. The summed E-state index contributed by atoms with van der Waals surface area (Å²) in [5.41, 5.74) is 0. The molecule has 1 aromatic rings. The van der Waals surface area contributed by atoms with Crippen LogP contribution in [0.1, 0.15) is 6.42 Å². The highest BCUT2D eigenvalue weighted by molar-refractivity contribution is 9.11. The Morgan fingerprint density at radius 2 is 2.05 bits per heavy atom. The largest absolute Gasteiger partial charge is 0.316 e. The Kier molecular flexibility index (Phi) is 6.28. The third-order valence-corrected chi connectivity index (χ3v) is 6.42. The van der Waals surface area contributed by atoms with Crippen molar-refractivity contribution in [3.8, 4) is 0 Å².